The van der Waals surface area contributed by atoms with Crippen LogP contribution in [0, 0.1) is 22.2 Å². The Morgan fingerprint density at radius 3 is 2.19 bits per heavy atom. The van der Waals surface area contributed by atoms with E-state index in [0.29, 0.717) is 0 Å². The lowest BCUT2D eigenvalue weighted by molar-refractivity contribution is -0.163. The fraction of sp³-hybridized carbons (Fsp3) is 0.846. The molecular weight excluding hydrogens is 202 g/mol. The van der Waals surface area contributed by atoms with Crippen molar-refractivity contribution in [3.8, 4) is 6.07 Å². The number of carbonyl (C=O) groups excluding carboxylic acids is 1. The summed E-state index contributed by atoms with van der Waals surface area (Å²) in [5.74, 6) is -0.329. The van der Waals surface area contributed by atoms with Gasteiger partial charge in [-0.3, -0.25) is 4.79 Å². The van der Waals surface area contributed by atoms with E-state index >= 15 is 0 Å². The zero-order chi connectivity index (χ0) is 11.6. The second-order valence-electron chi connectivity index (χ2n) is 5.45. The molecule has 3 nitrogen and oxygen atoms in total. The van der Waals surface area contributed by atoms with E-state index in [9.17, 15) is 10.1 Å². The third-order valence-electron chi connectivity index (χ3n) is 4.31. The predicted molar refractivity (Wildman–Crippen MR) is 59.4 cm³/mol. The Balaban J connectivity index is 2.05. The van der Waals surface area contributed by atoms with Crippen molar-refractivity contribution < 1.29 is 9.53 Å². The number of methoxy groups -OCH3 is 1. The van der Waals surface area contributed by atoms with Crippen molar-refractivity contribution in [1.29, 1.82) is 5.26 Å². The summed E-state index contributed by atoms with van der Waals surface area (Å²) in [5, 5.41) is 9.17. The summed E-state index contributed by atoms with van der Waals surface area (Å²) in [5.41, 5.74) is -0.542. The van der Waals surface area contributed by atoms with Crippen molar-refractivity contribution in [1.82, 2.24) is 0 Å². The molecule has 2 aliphatic rings. The third kappa shape index (κ3) is 1.71. The van der Waals surface area contributed by atoms with Crippen LogP contribution >= 0.6 is 0 Å². The highest BCUT2D eigenvalue weighted by Gasteiger charge is 2.59. The van der Waals surface area contributed by atoms with Crippen molar-refractivity contribution in [2.45, 2.75) is 51.4 Å². The molecule has 0 aromatic carbocycles. The Morgan fingerprint density at radius 2 is 1.75 bits per heavy atom. The number of ether oxygens (including phenoxy) is 1. The zero-order valence-corrected chi connectivity index (χ0v) is 9.92. The lowest BCUT2D eigenvalue weighted by Gasteiger charge is -2.51. The van der Waals surface area contributed by atoms with Gasteiger partial charge in [-0.15, -0.1) is 0 Å². The molecule has 2 fully saturated rings. The van der Waals surface area contributed by atoms with Crippen LogP contribution in [-0.4, -0.2) is 13.1 Å². The molecule has 0 N–H and O–H groups in total. The lowest BCUT2D eigenvalue weighted by atomic mass is 9.50. The normalized spacial score (nSPS) is 26.2. The molecule has 0 aromatic rings. The number of hydrogen-bond donors (Lipinski definition) is 0. The molecule has 2 aliphatic carbocycles. The minimum Gasteiger partial charge on any atom is -0.468 e. The monoisotopic (exact) mass is 221 g/mol. The van der Waals surface area contributed by atoms with Gasteiger partial charge < -0.3 is 4.74 Å². The Hall–Kier alpha value is -1.04. The van der Waals surface area contributed by atoms with E-state index < -0.39 is 5.41 Å². The van der Waals surface area contributed by atoms with E-state index in [0.717, 1.165) is 12.8 Å². The Bertz CT molecular complexity index is 313. The van der Waals surface area contributed by atoms with Crippen LogP contribution in [0.2, 0.25) is 0 Å². The smallest absolute Gasteiger partial charge is 0.326 e. The first kappa shape index (κ1) is 11.4. The Kier molecular flexibility index (Phi) is 2.92. The van der Waals surface area contributed by atoms with Gasteiger partial charge in [-0.1, -0.05) is 25.7 Å². The van der Waals surface area contributed by atoms with Crippen molar-refractivity contribution in [3.05, 3.63) is 0 Å². The van der Waals surface area contributed by atoms with Gasteiger partial charge in [-0.25, -0.2) is 0 Å². The van der Waals surface area contributed by atoms with Gasteiger partial charge in [0.2, 0.25) is 0 Å². The summed E-state index contributed by atoms with van der Waals surface area (Å²) >= 11 is 0. The van der Waals surface area contributed by atoms with E-state index in [4.69, 9.17) is 4.74 Å². The number of nitriles is 1. The van der Waals surface area contributed by atoms with E-state index in [1.54, 1.807) is 0 Å². The molecule has 3 heteroatoms. The number of hydrogen-bond acceptors (Lipinski definition) is 3. The van der Waals surface area contributed by atoms with Crippen LogP contribution in [0.25, 0.3) is 0 Å². The molecule has 0 bridgehead atoms. The molecule has 1 spiro atoms. The largest absolute Gasteiger partial charge is 0.468 e. The van der Waals surface area contributed by atoms with E-state index in [2.05, 4.69) is 6.07 Å². The molecular formula is C13H19NO2. The van der Waals surface area contributed by atoms with Gasteiger partial charge in [0.1, 0.15) is 0 Å². The summed E-state index contributed by atoms with van der Waals surface area (Å²) in [7, 11) is 1.37. The van der Waals surface area contributed by atoms with E-state index in [1.165, 1.54) is 45.6 Å². The minimum atomic E-state index is -0.820. The number of rotatable bonds is 1. The first-order chi connectivity index (χ1) is 7.66. The highest BCUT2D eigenvalue weighted by atomic mass is 16.5. The quantitative estimate of drug-likeness (QED) is 0.640. The van der Waals surface area contributed by atoms with E-state index in [1.807, 2.05) is 0 Å². The average Bonchev–Trinajstić information content (AvgIpc) is 2.50. The van der Waals surface area contributed by atoms with Crippen LogP contribution in [-0.2, 0) is 9.53 Å². The molecule has 0 heterocycles. The summed E-state index contributed by atoms with van der Waals surface area (Å²) in [6.07, 6.45) is 8.94. The van der Waals surface area contributed by atoms with Gasteiger partial charge >= 0.3 is 5.97 Å². The second kappa shape index (κ2) is 4.08. The van der Waals surface area contributed by atoms with Gasteiger partial charge in [0, 0.05) is 0 Å². The van der Waals surface area contributed by atoms with Crippen LogP contribution in [0.3, 0.4) is 0 Å². The molecule has 0 amide bonds. The van der Waals surface area contributed by atoms with Gasteiger partial charge in [0.15, 0.2) is 5.41 Å². The molecule has 16 heavy (non-hydrogen) atoms. The molecule has 2 rings (SSSR count). The molecule has 0 unspecified atom stereocenters. The fourth-order valence-electron chi connectivity index (χ4n) is 3.53. The lowest BCUT2D eigenvalue weighted by Crippen LogP contribution is -2.50. The van der Waals surface area contributed by atoms with Gasteiger partial charge in [-0.2, -0.15) is 5.26 Å². The van der Waals surface area contributed by atoms with Crippen LogP contribution < -0.4 is 0 Å². The third-order valence-corrected chi connectivity index (χ3v) is 4.31. The zero-order valence-electron chi connectivity index (χ0n) is 9.92. The summed E-state index contributed by atoms with van der Waals surface area (Å²) in [4.78, 5) is 11.6. The fourth-order valence-corrected chi connectivity index (χ4v) is 3.53. The van der Waals surface area contributed by atoms with Crippen molar-refractivity contribution in [2.75, 3.05) is 7.11 Å². The summed E-state index contributed by atoms with van der Waals surface area (Å²) < 4.78 is 4.75. The first-order valence-corrected chi connectivity index (χ1v) is 6.16. The molecule has 88 valence electrons. The molecule has 0 aromatic heterocycles. The standard InChI is InChI=1S/C13H19NO2/c1-16-11(15)13(10-14)8-12(9-13)6-4-2-3-5-7-12/h2-9H2,1H3. The van der Waals surface area contributed by atoms with Crippen molar-refractivity contribution >= 4 is 5.97 Å². The van der Waals surface area contributed by atoms with Gasteiger partial charge in [0.25, 0.3) is 0 Å². The highest BCUT2D eigenvalue weighted by molar-refractivity contribution is 5.81. The number of carbonyl (C=O) groups is 1. The van der Waals surface area contributed by atoms with E-state index in [-0.39, 0.29) is 11.4 Å². The average molecular weight is 221 g/mol. The van der Waals surface area contributed by atoms with Crippen molar-refractivity contribution in [2.24, 2.45) is 10.8 Å². The Labute approximate surface area is 96.8 Å². The summed E-state index contributed by atoms with van der Waals surface area (Å²) in [6.45, 7) is 0. The maximum atomic E-state index is 11.6. The van der Waals surface area contributed by atoms with Crippen molar-refractivity contribution in [3.63, 3.8) is 0 Å². The minimum absolute atomic E-state index is 0.278. The maximum absolute atomic E-state index is 11.6. The highest BCUT2D eigenvalue weighted by Crippen LogP contribution is 2.60. The number of esters is 1. The van der Waals surface area contributed by atoms with Gasteiger partial charge in [0.05, 0.1) is 13.2 Å². The van der Waals surface area contributed by atoms with Crippen LogP contribution in [0.15, 0.2) is 0 Å². The Morgan fingerprint density at radius 1 is 1.19 bits per heavy atom. The molecule has 0 radical (unpaired) electrons. The SMILES string of the molecule is COC(=O)C1(C#N)CC2(CCCCCC2)C1. The number of nitrogens with zero attached hydrogens (tertiary/aromatic N) is 1. The topological polar surface area (TPSA) is 50.1 Å². The second-order valence-corrected chi connectivity index (χ2v) is 5.45. The van der Waals surface area contributed by atoms with Gasteiger partial charge in [-0.05, 0) is 31.1 Å². The maximum Gasteiger partial charge on any atom is 0.326 e. The molecule has 0 aliphatic heterocycles. The molecule has 2 saturated carbocycles. The van der Waals surface area contributed by atoms with Crippen LogP contribution in [0.4, 0.5) is 0 Å². The van der Waals surface area contributed by atoms with Crippen LogP contribution in [0.5, 0.6) is 0 Å². The van der Waals surface area contributed by atoms with Crippen LogP contribution in [0.1, 0.15) is 51.4 Å². The molecule has 0 saturated heterocycles. The summed E-state index contributed by atoms with van der Waals surface area (Å²) in [6, 6.07) is 2.18. The first-order valence-electron chi connectivity index (χ1n) is 6.16. The predicted octanol–water partition coefficient (Wildman–Crippen LogP) is 2.80. The molecule has 0 atom stereocenters.